The number of nitriles is 1. The molecule has 1 aliphatic heterocycles. The molecule has 3 nitrogen and oxygen atoms in total. The van der Waals surface area contributed by atoms with Gasteiger partial charge in [0.05, 0.1) is 12.0 Å². The molecule has 18 heavy (non-hydrogen) atoms. The highest BCUT2D eigenvalue weighted by Gasteiger charge is 2.22. The fourth-order valence-electron chi connectivity index (χ4n) is 2.40. The summed E-state index contributed by atoms with van der Waals surface area (Å²) in [6.07, 6.45) is 2.49. The zero-order valence-electron chi connectivity index (χ0n) is 10.7. The lowest BCUT2D eigenvalue weighted by Gasteiger charge is -2.17. The standard InChI is InChI=1S/C15H18N2O/c1-12-5-4-6-13(9-12)14(11-16)10-15(18)17-7-2-3-8-17/h4-6,9,14H,2-3,7-8,10H2,1H3. The molecule has 0 aromatic heterocycles. The fraction of sp³-hybridized carbons (Fsp3) is 0.467. The van der Waals surface area contributed by atoms with Gasteiger partial charge < -0.3 is 4.90 Å². The van der Waals surface area contributed by atoms with Gasteiger partial charge in [0.25, 0.3) is 0 Å². The normalized spacial score (nSPS) is 16.3. The van der Waals surface area contributed by atoms with Gasteiger partial charge in [-0.05, 0) is 25.3 Å². The van der Waals surface area contributed by atoms with Crippen molar-refractivity contribution < 1.29 is 4.79 Å². The van der Waals surface area contributed by atoms with Crippen LogP contribution >= 0.6 is 0 Å². The van der Waals surface area contributed by atoms with Crippen LogP contribution in [0.1, 0.15) is 36.3 Å². The van der Waals surface area contributed by atoms with Crippen molar-refractivity contribution in [1.82, 2.24) is 4.90 Å². The van der Waals surface area contributed by atoms with Crippen LogP contribution in [0, 0.1) is 18.3 Å². The summed E-state index contributed by atoms with van der Waals surface area (Å²) in [6, 6.07) is 10.1. The lowest BCUT2D eigenvalue weighted by atomic mass is 9.95. The average molecular weight is 242 g/mol. The summed E-state index contributed by atoms with van der Waals surface area (Å²) in [4.78, 5) is 13.9. The van der Waals surface area contributed by atoms with Crippen molar-refractivity contribution in [3.8, 4) is 6.07 Å². The van der Waals surface area contributed by atoms with Gasteiger partial charge in [-0.3, -0.25) is 4.79 Å². The van der Waals surface area contributed by atoms with Gasteiger partial charge in [0.15, 0.2) is 0 Å². The van der Waals surface area contributed by atoms with Crippen LogP contribution in [-0.2, 0) is 4.79 Å². The molecule has 0 aliphatic carbocycles. The molecule has 0 radical (unpaired) electrons. The second kappa shape index (κ2) is 5.68. The minimum Gasteiger partial charge on any atom is -0.343 e. The highest BCUT2D eigenvalue weighted by Crippen LogP contribution is 2.22. The number of hydrogen-bond donors (Lipinski definition) is 0. The van der Waals surface area contributed by atoms with Crippen LogP contribution in [0.15, 0.2) is 24.3 Å². The van der Waals surface area contributed by atoms with E-state index in [9.17, 15) is 10.1 Å². The first-order chi connectivity index (χ1) is 8.70. The number of likely N-dealkylation sites (tertiary alicyclic amines) is 1. The average Bonchev–Trinajstić information content (AvgIpc) is 2.89. The number of nitrogens with zero attached hydrogens (tertiary/aromatic N) is 2. The first-order valence-electron chi connectivity index (χ1n) is 6.44. The molecule has 1 atom stereocenters. The minimum atomic E-state index is -0.321. The lowest BCUT2D eigenvalue weighted by molar-refractivity contribution is -0.130. The van der Waals surface area contributed by atoms with Crippen molar-refractivity contribution in [3.05, 3.63) is 35.4 Å². The SMILES string of the molecule is Cc1cccc(C(C#N)CC(=O)N2CCCC2)c1. The zero-order chi connectivity index (χ0) is 13.0. The van der Waals surface area contributed by atoms with Crippen LogP contribution in [0.4, 0.5) is 0 Å². The molecule has 1 amide bonds. The van der Waals surface area contributed by atoms with Gasteiger partial charge in [-0.2, -0.15) is 5.26 Å². The van der Waals surface area contributed by atoms with E-state index in [4.69, 9.17) is 0 Å². The molecule has 1 fully saturated rings. The fourth-order valence-corrected chi connectivity index (χ4v) is 2.40. The molecule has 0 N–H and O–H groups in total. The summed E-state index contributed by atoms with van der Waals surface area (Å²) in [6.45, 7) is 3.70. The first-order valence-corrected chi connectivity index (χ1v) is 6.44. The molecular weight excluding hydrogens is 224 g/mol. The molecule has 0 saturated carbocycles. The Balaban J connectivity index is 2.05. The molecule has 0 spiro atoms. The van der Waals surface area contributed by atoms with E-state index in [0.717, 1.165) is 37.1 Å². The number of carbonyl (C=O) groups is 1. The summed E-state index contributed by atoms with van der Waals surface area (Å²) in [5.41, 5.74) is 2.08. The van der Waals surface area contributed by atoms with Gasteiger partial charge >= 0.3 is 0 Å². The topological polar surface area (TPSA) is 44.1 Å². The third-order valence-electron chi connectivity index (χ3n) is 3.44. The first kappa shape index (κ1) is 12.6. The van der Waals surface area contributed by atoms with Crippen molar-refractivity contribution in [3.63, 3.8) is 0 Å². The molecule has 0 bridgehead atoms. The van der Waals surface area contributed by atoms with Crippen molar-refractivity contribution in [2.75, 3.05) is 13.1 Å². The van der Waals surface area contributed by atoms with E-state index in [2.05, 4.69) is 6.07 Å². The Hall–Kier alpha value is -1.82. The largest absolute Gasteiger partial charge is 0.343 e. The molecular formula is C15H18N2O. The monoisotopic (exact) mass is 242 g/mol. The van der Waals surface area contributed by atoms with E-state index < -0.39 is 0 Å². The predicted molar refractivity (Wildman–Crippen MR) is 70.0 cm³/mol. The van der Waals surface area contributed by atoms with E-state index in [1.165, 1.54) is 0 Å². The Kier molecular flexibility index (Phi) is 3.99. The Bertz CT molecular complexity index is 470. The molecule has 2 rings (SSSR count). The van der Waals surface area contributed by atoms with E-state index in [-0.39, 0.29) is 11.8 Å². The number of aryl methyl sites for hydroxylation is 1. The molecule has 1 aliphatic rings. The number of rotatable bonds is 3. The number of benzene rings is 1. The van der Waals surface area contributed by atoms with Crippen LogP contribution in [0.2, 0.25) is 0 Å². The number of amides is 1. The Labute approximate surface area is 108 Å². The summed E-state index contributed by atoms with van der Waals surface area (Å²) in [5, 5.41) is 9.24. The highest BCUT2D eigenvalue weighted by atomic mass is 16.2. The van der Waals surface area contributed by atoms with Crippen molar-refractivity contribution >= 4 is 5.91 Å². The van der Waals surface area contributed by atoms with Gasteiger partial charge in [-0.1, -0.05) is 29.8 Å². The van der Waals surface area contributed by atoms with Gasteiger partial charge in [0, 0.05) is 19.5 Å². The predicted octanol–water partition coefficient (Wildman–Crippen LogP) is 2.61. The van der Waals surface area contributed by atoms with Crippen molar-refractivity contribution in [2.24, 2.45) is 0 Å². The smallest absolute Gasteiger partial charge is 0.224 e. The van der Waals surface area contributed by atoms with Crippen molar-refractivity contribution in [2.45, 2.75) is 32.1 Å². The maximum absolute atomic E-state index is 12.0. The zero-order valence-corrected chi connectivity index (χ0v) is 10.7. The van der Waals surface area contributed by atoms with Crippen LogP contribution < -0.4 is 0 Å². The second-order valence-electron chi connectivity index (χ2n) is 4.89. The molecule has 1 aromatic carbocycles. The van der Waals surface area contributed by atoms with Crippen molar-refractivity contribution in [1.29, 1.82) is 5.26 Å². The summed E-state index contributed by atoms with van der Waals surface area (Å²) < 4.78 is 0. The summed E-state index contributed by atoms with van der Waals surface area (Å²) in [7, 11) is 0. The molecule has 3 heteroatoms. The Morgan fingerprint density at radius 2 is 2.17 bits per heavy atom. The van der Waals surface area contributed by atoms with E-state index in [0.29, 0.717) is 6.42 Å². The van der Waals surface area contributed by atoms with E-state index in [1.54, 1.807) is 0 Å². The molecule has 1 aromatic rings. The Morgan fingerprint density at radius 1 is 1.44 bits per heavy atom. The maximum atomic E-state index is 12.0. The van der Waals surface area contributed by atoms with Crippen LogP contribution in [0.5, 0.6) is 0 Å². The van der Waals surface area contributed by atoms with E-state index in [1.807, 2.05) is 36.1 Å². The summed E-state index contributed by atoms with van der Waals surface area (Å²) >= 11 is 0. The van der Waals surface area contributed by atoms with E-state index >= 15 is 0 Å². The van der Waals surface area contributed by atoms with Gasteiger partial charge in [-0.25, -0.2) is 0 Å². The maximum Gasteiger partial charge on any atom is 0.224 e. The third kappa shape index (κ3) is 2.89. The van der Waals surface area contributed by atoms with Gasteiger partial charge in [-0.15, -0.1) is 0 Å². The summed E-state index contributed by atoms with van der Waals surface area (Å²) in [5.74, 6) is -0.210. The number of carbonyl (C=O) groups excluding carboxylic acids is 1. The molecule has 1 heterocycles. The molecule has 1 saturated heterocycles. The van der Waals surface area contributed by atoms with Crippen LogP contribution in [-0.4, -0.2) is 23.9 Å². The van der Waals surface area contributed by atoms with Crippen LogP contribution in [0.3, 0.4) is 0 Å². The quantitative estimate of drug-likeness (QED) is 0.817. The third-order valence-corrected chi connectivity index (χ3v) is 3.44. The van der Waals surface area contributed by atoms with Gasteiger partial charge in [0.1, 0.15) is 0 Å². The lowest BCUT2D eigenvalue weighted by Crippen LogP contribution is -2.28. The van der Waals surface area contributed by atoms with Gasteiger partial charge in [0.2, 0.25) is 5.91 Å². The van der Waals surface area contributed by atoms with Crippen LogP contribution in [0.25, 0.3) is 0 Å². The highest BCUT2D eigenvalue weighted by molar-refractivity contribution is 5.77. The Morgan fingerprint density at radius 3 is 2.78 bits per heavy atom. The molecule has 1 unspecified atom stereocenters. The number of hydrogen-bond acceptors (Lipinski definition) is 2. The molecule has 94 valence electrons. The minimum absolute atomic E-state index is 0.112. The second-order valence-corrected chi connectivity index (χ2v) is 4.89.